The Morgan fingerprint density at radius 2 is 1.45 bits per heavy atom. The number of ether oxygens (including phenoxy) is 1. The fourth-order valence-corrected chi connectivity index (χ4v) is 3.20. The molecule has 0 fully saturated rings. The maximum absolute atomic E-state index is 12.9. The number of nitrogens with zero attached hydrogens (tertiary/aromatic N) is 1. The highest BCUT2D eigenvalue weighted by Gasteiger charge is 2.19. The van der Waals surface area contributed by atoms with Crippen LogP contribution in [0.5, 0.6) is 5.75 Å². The van der Waals surface area contributed by atoms with Gasteiger partial charge in [-0.25, -0.2) is 0 Å². The van der Waals surface area contributed by atoms with E-state index in [1.165, 1.54) is 6.20 Å². The fourth-order valence-electron chi connectivity index (χ4n) is 3.20. The van der Waals surface area contributed by atoms with Gasteiger partial charge in [-0.05, 0) is 35.7 Å². The third-order valence-corrected chi connectivity index (χ3v) is 5.00. The standard InChI is InChI=1S/C26H25N3O2/c1-19(20-13-15-24(31-2)16-14-20)28-18-23(17-27)26(30)29-25(21-9-5-3-6-10-21)22-11-7-4-8-12-22/h3-16,18-19,25,28H,1-2H3,(H,29,30)/b23-18-. The van der Waals surface area contributed by atoms with Crippen molar-refractivity contribution in [2.24, 2.45) is 0 Å². The van der Waals surface area contributed by atoms with Crippen molar-refractivity contribution in [1.82, 2.24) is 10.6 Å². The molecule has 31 heavy (non-hydrogen) atoms. The van der Waals surface area contributed by atoms with E-state index >= 15 is 0 Å². The summed E-state index contributed by atoms with van der Waals surface area (Å²) in [6.07, 6.45) is 1.47. The molecule has 2 N–H and O–H groups in total. The predicted molar refractivity (Wildman–Crippen MR) is 121 cm³/mol. The molecule has 3 aromatic rings. The van der Waals surface area contributed by atoms with E-state index in [9.17, 15) is 10.1 Å². The summed E-state index contributed by atoms with van der Waals surface area (Å²) in [5.41, 5.74) is 2.91. The average Bonchev–Trinajstić information content (AvgIpc) is 2.84. The van der Waals surface area contributed by atoms with Gasteiger partial charge in [0.25, 0.3) is 5.91 Å². The number of nitriles is 1. The van der Waals surface area contributed by atoms with Crippen LogP contribution < -0.4 is 15.4 Å². The van der Waals surface area contributed by atoms with Crippen molar-refractivity contribution in [3.63, 3.8) is 0 Å². The Bertz CT molecular complexity index is 1020. The molecule has 0 aliphatic rings. The zero-order valence-electron chi connectivity index (χ0n) is 17.6. The van der Waals surface area contributed by atoms with Gasteiger partial charge in [-0.2, -0.15) is 5.26 Å². The lowest BCUT2D eigenvalue weighted by Gasteiger charge is -2.20. The summed E-state index contributed by atoms with van der Waals surface area (Å²) >= 11 is 0. The molecule has 0 saturated carbocycles. The van der Waals surface area contributed by atoms with Crippen LogP contribution in [0.1, 0.15) is 35.7 Å². The number of hydrogen-bond acceptors (Lipinski definition) is 4. The molecule has 1 unspecified atom stereocenters. The third kappa shape index (κ3) is 5.74. The van der Waals surface area contributed by atoms with E-state index in [0.717, 1.165) is 22.4 Å². The van der Waals surface area contributed by atoms with Crippen molar-refractivity contribution < 1.29 is 9.53 Å². The first-order valence-corrected chi connectivity index (χ1v) is 10.0. The summed E-state index contributed by atoms with van der Waals surface area (Å²) in [6, 6.07) is 28.6. The topological polar surface area (TPSA) is 74.1 Å². The minimum Gasteiger partial charge on any atom is -0.497 e. The molecule has 0 heterocycles. The van der Waals surface area contributed by atoms with Crippen LogP contribution in [0.25, 0.3) is 0 Å². The highest BCUT2D eigenvalue weighted by atomic mass is 16.5. The Labute approximate surface area is 183 Å². The first-order valence-electron chi connectivity index (χ1n) is 10.0. The van der Waals surface area contributed by atoms with Gasteiger partial charge in [0.2, 0.25) is 0 Å². The number of methoxy groups -OCH3 is 1. The minimum atomic E-state index is -0.436. The van der Waals surface area contributed by atoms with Gasteiger partial charge in [-0.15, -0.1) is 0 Å². The lowest BCUT2D eigenvalue weighted by molar-refractivity contribution is -0.117. The lowest BCUT2D eigenvalue weighted by atomic mass is 9.98. The molecular formula is C26H25N3O2. The molecule has 5 nitrogen and oxygen atoms in total. The second-order valence-corrected chi connectivity index (χ2v) is 7.06. The first-order chi connectivity index (χ1) is 15.1. The van der Waals surface area contributed by atoms with E-state index in [2.05, 4.69) is 10.6 Å². The van der Waals surface area contributed by atoms with E-state index in [0.29, 0.717) is 0 Å². The lowest BCUT2D eigenvalue weighted by Crippen LogP contribution is -2.31. The minimum absolute atomic E-state index is 0.0113. The van der Waals surface area contributed by atoms with Gasteiger partial charge in [0.15, 0.2) is 0 Å². The van der Waals surface area contributed by atoms with Crippen molar-refractivity contribution >= 4 is 5.91 Å². The third-order valence-electron chi connectivity index (χ3n) is 5.00. The zero-order chi connectivity index (χ0) is 22.1. The summed E-state index contributed by atoms with van der Waals surface area (Å²) in [5.74, 6) is 0.339. The summed E-state index contributed by atoms with van der Waals surface area (Å²) in [4.78, 5) is 12.9. The van der Waals surface area contributed by atoms with Gasteiger partial charge < -0.3 is 15.4 Å². The Balaban J connectivity index is 1.75. The number of carbonyl (C=O) groups excluding carboxylic acids is 1. The van der Waals surface area contributed by atoms with E-state index in [-0.39, 0.29) is 17.7 Å². The summed E-state index contributed by atoms with van der Waals surface area (Å²) in [6.45, 7) is 1.96. The summed E-state index contributed by atoms with van der Waals surface area (Å²) in [7, 11) is 1.62. The molecule has 3 aromatic carbocycles. The van der Waals surface area contributed by atoms with Gasteiger partial charge in [-0.3, -0.25) is 4.79 Å². The Hall–Kier alpha value is -4.04. The second kappa shape index (κ2) is 10.7. The molecular weight excluding hydrogens is 386 g/mol. The highest BCUT2D eigenvalue weighted by molar-refractivity contribution is 5.97. The number of hydrogen-bond donors (Lipinski definition) is 2. The van der Waals surface area contributed by atoms with Crippen molar-refractivity contribution in [2.45, 2.75) is 19.0 Å². The van der Waals surface area contributed by atoms with Crippen LogP contribution in [0.4, 0.5) is 0 Å². The first kappa shape index (κ1) is 21.7. The summed E-state index contributed by atoms with van der Waals surface area (Å²) in [5, 5.41) is 15.7. The van der Waals surface area contributed by atoms with Crippen LogP contribution >= 0.6 is 0 Å². The zero-order valence-corrected chi connectivity index (χ0v) is 17.6. The maximum atomic E-state index is 12.9. The second-order valence-electron chi connectivity index (χ2n) is 7.06. The van der Waals surface area contributed by atoms with Gasteiger partial charge in [0.1, 0.15) is 17.4 Å². The molecule has 5 heteroatoms. The van der Waals surface area contributed by atoms with Gasteiger partial charge in [-0.1, -0.05) is 72.8 Å². The van der Waals surface area contributed by atoms with Crippen LogP contribution in [-0.2, 0) is 4.79 Å². The SMILES string of the molecule is COc1ccc(C(C)N/C=C(/C#N)C(=O)NC(c2ccccc2)c2ccccc2)cc1. The monoisotopic (exact) mass is 411 g/mol. The number of carbonyl (C=O) groups is 1. The van der Waals surface area contributed by atoms with E-state index in [1.54, 1.807) is 7.11 Å². The number of rotatable bonds is 8. The van der Waals surface area contributed by atoms with Gasteiger partial charge in [0.05, 0.1) is 13.2 Å². The molecule has 0 saturated heterocycles. The van der Waals surface area contributed by atoms with Crippen LogP contribution in [0.15, 0.2) is 96.7 Å². The van der Waals surface area contributed by atoms with Gasteiger partial charge in [0, 0.05) is 12.2 Å². The Morgan fingerprint density at radius 1 is 0.903 bits per heavy atom. The van der Waals surface area contributed by atoms with Crippen molar-refractivity contribution in [3.8, 4) is 11.8 Å². The van der Waals surface area contributed by atoms with Gasteiger partial charge >= 0.3 is 0 Å². The number of nitrogens with one attached hydrogen (secondary N) is 2. The van der Waals surface area contributed by atoms with E-state index in [4.69, 9.17) is 4.74 Å². The molecule has 0 aromatic heterocycles. The molecule has 3 rings (SSSR count). The quantitative estimate of drug-likeness (QED) is 0.418. The van der Waals surface area contributed by atoms with Crippen molar-refractivity contribution in [3.05, 3.63) is 113 Å². The Kier molecular flexibility index (Phi) is 7.45. The largest absolute Gasteiger partial charge is 0.497 e. The predicted octanol–water partition coefficient (Wildman–Crippen LogP) is 4.66. The molecule has 1 atom stereocenters. The van der Waals surface area contributed by atoms with Crippen LogP contribution in [0.2, 0.25) is 0 Å². The highest BCUT2D eigenvalue weighted by Crippen LogP contribution is 2.22. The summed E-state index contributed by atoms with van der Waals surface area (Å²) < 4.78 is 5.18. The number of amides is 1. The normalized spacial score (nSPS) is 12.0. The average molecular weight is 412 g/mol. The number of benzene rings is 3. The molecule has 0 radical (unpaired) electrons. The van der Waals surface area contributed by atoms with Crippen LogP contribution in [0, 0.1) is 11.3 Å². The molecule has 1 amide bonds. The van der Waals surface area contributed by atoms with Crippen LogP contribution in [-0.4, -0.2) is 13.0 Å². The van der Waals surface area contributed by atoms with E-state index < -0.39 is 5.91 Å². The molecule has 0 spiro atoms. The Morgan fingerprint density at radius 3 is 1.94 bits per heavy atom. The maximum Gasteiger partial charge on any atom is 0.264 e. The van der Waals surface area contributed by atoms with Crippen molar-refractivity contribution in [2.75, 3.05) is 7.11 Å². The molecule has 0 aliphatic heterocycles. The molecule has 156 valence electrons. The smallest absolute Gasteiger partial charge is 0.264 e. The van der Waals surface area contributed by atoms with E-state index in [1.807, 2.05) is 97.9 Å². The van der Waals surface area contributed by atoms with Crippen LogP contribution in [0.3, 0.4) is 0 Å². The van der Waals surface area contributed by atoms with Crippen molar-refractivity contribution in [1.29, 1.82) is 5.26 Å². The fraction of sp³-hybridized carbons (Fsp3) is 0.154. The molecule has 0 aliphatic carbocycles. The molecule has 0 bridgehead atoms.